The first-order chi connectivity index (χ1) is 31.7. The summed E-state index contributed by atoms with van der Waals surface area (Å²) in [4.78, 5) is 5.32. The highest BCUT2D eigenvalue weighted by Crippen LogP contribution is 2.60. The summed E-state index contributed by atoms with van der Waals surface area (Å²) in [5, 5.41) is 2.24. The van der Waals surface area contributed by atoms with Gasteiger partial charge in [-0.1, -0.05) is 182 Å². The number of ether oxygens (including phenoxy) is 2. The maximum absolute atomic E-state index is 7.09. The topological polar surface area (TPSA) is 44.5 Å². The van der Waals surface area contributed by atoms with Crippen molar-refractivity contribution in [2.75, 3.05) is 0 Å². The van der Waals surface area contributed by atoms with Crippen LogP contribution < -0.4 is 9.47 Å². The molecule has 300 valence electrons. The van der Waals surface area contributed by atoms with Gasteiger partial charge in [-0.3, -0.25) is 0 Å². The fourth-order valence-corrected chi connectivity index (χ4v) is 10.1. The van der Waals surface area contributed by atoms with E-state index >= 15 is 0 Å². The number of hydrogen-bond acceptors (Lipinski definition) is 4. The number of nitrogens with zero attached hydrogens (tertiary/aromatic N) is 1. The lowest BCUT2D eigenvalue weighted by Gasteiger charge is -2.34. The lowest BCUT2D eigenvalue weighted by atomic mass is 9.67. The second kappa shape index (κ2) is 14.3. The summed E-state index contributed by atoms with van der Waals surface area (Å²) in [6.45, 7) is 0. The van der Waals surface area contributed by atoms with Crippen LogP contribution in [0.4, 0.5) is 0 Å². The number of hydrogen-bond donors (Lipinski definition) is 0. The average molecular weight is 820 g/mol. The van der Waals surface area contributed by atoms with E-state index in [0.29, 0.717) is 23.0 Å². The second-order valence-electron chi connectivity index (χ2n) is 16.6. The molecule has 0 N–H and O–H groups in total. The van der Waals surface area contributed by atoms with Gasteiger partial charge in [-0.15, -0.1) is 0 Å². The van der Waals surface area contributed by atoms with Crippen molar-refractivity contribution < 1.29 is 13.9 Å². The van der Waals surface area contributed by atoms with E-state index in [9.17, 15) is 0 Å². The van der Waals surface area contributed by atoms with Gasteiger partial charge in [0.15, 0.2) is 23.0 Å². The molecule has 11 aromatic rings. The molecule has 0 saturated carbocycles. The molecular weight excluding hydrogens is 783 g/mol. The highest BCUT2D eigenvalue weighted by Gasteiger charge is 2.47. The van der Waals surface area contributed by atoms with Crippen molar-refractivity contribution >= 4 is 21.9 Å². The van der Waals surface area contributed by atoms with Gasteiger partial charge < -0.3 is 13.9 Å². The highest BCUT2D eigenvalue weighted by atomic mass is 16.6. The van der Waals surface area contributed by atoms with Gasteiger partial charge >= 0.3 is 0 Å². The van der Waals surface area contributed by atoms with E-state index in [-0.39, 0.29) is 0 Å². The zero-order chi connectivity index (χ0) is 42.2. The molecule has 0 bridgehead atoms. The van der Waals surface area contributed by atoms with Crippen LogP contribution in [0.5, 0.6) is 23.0 Å². The normalized spacial score (nSPS) is 13.1. The third-order valence-electron chi connectivity index (χ3n) is 13.0. The summed E-state index contributed by atoms with van der Waals surface area (Å²) in [5.74, 6) is 2.62. The zero-order valence-electron chi connectivity index (χ0n) is 34.5. The molecule has 4 nitrogen and oxygen atoms in total. The van der Waals surface area contributed by atoms with Crippen molar-refractivity contribution in [1.29, 1.82) is 0 Å². The Morgan fingerprint density at radius 3 is 1.75 bits per heavy atom. The number of rotatable bonds is 6. The Morgan fingerprint density at radius 2 is 0.953 bits per heavy atom. The zero-order valence-corrected chi connectivity index (χ0v) is 34.5. The summed E-state index contributed by atoms with van der Waals surface area (Å²) in [7, 11) is 0. The lowest BCUT2D eigenvalue weighted by molar-refractivity contribution is 0.360. The molecular formula is C60H37NO3. The van der Waals surface area contributed by atoms with E-state index in [2.05, 4.69) is 194 Å². The van der Waals surface area contributed by atoms with E-state index in [1.165, 1.54) is 22.3 Å². The van der Waals surface area contributed by atoms with Crippen LogP contribution in [-0.4, -0.2) is 4.98 Å². The van der Waals surface area contributed by atoms with Crippen molar-refractivity contribution in [3.05, 3.63) is 247 Å². The van der Waals surface area contributed by atoms with Gasteiger partial charge in [-0.25, -0.2) is 4.98 Å². The predicted molar refractivity (Wildman–Crippen MR) is 257 cm³/mol. The first-order valence-corrected chi connectivity index (χ1v) is 21.7. The summed E-state index contributed by atoms with van der Waals surface area (Å²) >= 11 is 0. The second-order valence-corrected chi connectivity index (χ2v) is 16.6. The smallest absolute Gasteiger partial charge is 0.179 e. The molecule has 1 aliphatic carbocycles. The van der Waals surface area contributed by atoms with Gasteiger partial charge in [0.2, 0.25) is 0 Å². The Bertz CT molecular complexity index is 3560. The number of fused-ring (bicyclic) bond motifs is 8. The molecule has 0 radical (unpaired) electrons. The van der Waals surface area contributed by atoms with Gasteiger partial charge in [-0.2, -0.15) is 0 Å². The minimum absolute atomic E-state index is 0.568. The largest absolute Gasteiger partial charge is 0.455 e. The van der Waals surface area contributed by atoms with Crippen LogP contribution >= 0.6 is 0 Å². The molecule has 3 heterocycles. The van der Waals surface area contributed by atoms with Crippen LogP contribution in [0.15, 0.2) is 229 Å². The summed E-state index contributed by atoms with van der Waals surface area (Å²) in [6.07, 6.45) is 0. The average Bonchev–Trinajstić information content (AvgIpc) is 3.89. The van der Waals surface area contributed by atoms with Gasteiger partial charge in [0.05, 0.1) is 16.8 Å². The quantitative estimate of drug-likeness (QED) is 0.168. The summed E-state index contributed by atoms with van der Waals surface area (Å²) in [5.41, 5.74) is 16.1. The van der Waals surface area contributed by atoms with Gasteiger partial charge in [0.25, 0.3) is 0 Å². The first kappa shape index (κ1) is 36.2. The van der Waals surface area contributed by atoms with Crippen molar-refractivity contribution in [2.45, 2.75) is 5.41 Å². The van der Waals surface area contributed by atoms with E-state index in [1.54, 1.807) is 0 Å². The standard InChI is InChI=1S/C60H37NO3/c1-4-16-40(17-5-1)52-34-41(38-30-32-39(33-31-38)44-24-14-25-47-46-23-11-13-28-54(46)63-58(44)47)35-53(61-52)48-26-15-29-55-59(48)64-57-37-51-49(36-56(57)62-55)45-22-10-12-27-50(45)60(51,42-18-6-2-7-19-42)43-20-8-3-9-21-43/h1-37H. The maximum Gasteiger partial charge on any atom is 0.179 e. The Hall–Kier alpha value is -8.47. The van der Waals surface area contributed by atoms with Crippen molar-refractivity contribution in [3.63, 3.8) is 0 Å². The Balaban J connectivity index is 0.934. The Morgan fingerprint density at radius 1 is 0.344 bits per heavy atom. The SMILES string of the molecule is c1ccc(-c2cc(-c3ccc(-c4cccc5c4oc4ccccc45)cc3)cc(-c3cccc4c3Oc3cc5c(cc3O4)-c3ccccc3C5(c3ccccc3)c3ccccc3)n2)cc1. The van der Waals surface area contributed by atoms with Crippen molar-refractivity contribution in [2.24, 2.45) is 0 Å². The molecule has 0 atom stereocenters. The predicted octanol–water partition coefficient (Wildman–Crippen LogP) is 15.9. The Kier molecular flexibility index (Phi) is 8.09. The minimum Gasteiger partial charge on any atom is -0.455 e. The molecule has 0 unspecified atom stereocenters. The highest BCUT2D eigenvalue weighted by molar-refractivity contribution is 6.09. The molecule has 4 heteroatoms. The first-order valence-electron chi connectivity index (χ1n) is 21.7. The molecule has 0 amide bonds. The van der Waals surface area contributed by atoms with Crippen molar-refractivity contribution in [3.8, 4) is 78.9 Å². The number of pyridine rings is 1. The van der Waals surface area contributed by atoms with E-state index in [4.69, 9.17) is 18.9 Å². The molecule has 2 aliphatic rings. The number of aromatic nitrogens is 1. The Labute approximate surface area is 370 Å². The van der Waals surface area contributed by atoms with Crippen LogP contribution in [0.3, 0.4) is 0 Å². The molecule has 0 spiro atoms. The third-order valence-corrected chi connectivity index (χ3v) is 13.0. The minimum atomic E-state index is -0.568. The van der Waals surface area contributed by atoms with E-state index in [0.717, 1.165) is 77.8 Å². The number of furan rings is 1. The van der Waals surface area contributed by atoms with Crippen LogP contribution in [0.25, 0.3) is 77.8 Å². The lowest BCUT2D eigenvalue weighted by Crippen LogP contribution is -2.28. The molecule has 13 rings (SSSR count). The van der Waals surface area contributed by atoms with Crippen LogP contribution in [0.1, 0.15) is 22.3 Å². The molecule has 2 aromatic heterocycles. The van der Waals surface area contributed by atoms with Gasteiger partial charge in [-0.05, 0) is 92.5 Å². The molecule has 0 fully saturated rings. The number of benzene rings is 9. The fraction of sp³-hybridized carbons (Fsp3) is 0.0167. The van der Waals surface area contributed by atoms with E-state index in [1.807, 2.05) is 30.3 Å². The van der Waals surface area contributed by atoms with Crippen LogP contribution in [0, 0.1) is 0 Å². The number of para-hydroxylation sites is 3. The molecule has 64 heavy (non-hydrogen) atoms. The maximum atomic E-state index is 7.09. The molecule has 9 aromatic carbocycles. The summed E-state index contributed by atoms with van der Waals surface area (Å²) in [6, 6.07) is 78.8. The molecule has 0 saturated heterocycles. The summed E-state index contributed by atoms with van der Waals surface area (Å²) < 4.78 is 20.3. The van der Waals surface area contributed by atoms with Crippen LogP contribution in [0.2, 0.25) is 0 Å². The van der Waals surface area contributed by atoms with Crippen molar-refractivity contribution in [1.82, 2.24) is 4.98 Å². The fourth-order valence-electron chi connectivity index (χ4n) is 10.1. The van der Waals surface area contributed by atoms with E-state index < -0.39 is 5.41 Å². The third kappa shape index (κ3) is 5.52. The van der Waals surface area contributed by atoms with Gasteiger partial charge in [0.1, 0.15) is 11.2 Å². The van der Waals surface area contributed by atoms with Crippen LogP contribution in [-0.2, 0) is 5.41 Å². The molecule has 1 aliphatic heterocycles. The van der Waals surface area contributed by atoms with Gasteiger partial charge in [0, 0.05) is 27.5 Å². The monoisotopic (exact) mass is 819 g/mol.